The third-order valence-electron chi connectivity index (χ3n) is 1.43. The summed E-state index contributed by atoms with van der Waals surface area (Å²) in [4.78, 5) is 20.6. The number of rotatable bonds is 6. The van der Waals surface area contributed by atoms with Gasteiger partial charge in [0.05, 0.1) is 0 Å². The summed E-state index contributed by atoms with van der Waals surface area (Å²) in [5, 5.41) is 25.2. The Hall–Kier alpha value is -1.36. The van der Waals surface area contributed by atoms with Crippen LogP contribution in [0.4, 0.5) is 0 Å². The molecule has 0 saturated carbocycles. The van der Waals surface area contributed by atoms with Crippen LogP contribution in [0.25, 0.3) is 0 Å². The lowest BCUT2D eigenvalue weighted by Crippen LogP contribution is -2.04. The van der Waals surface area contributed by atoms with E-state index in [1.54, 1.807) is 0 Å². The minimum Gasteiger partial charge on any atom is -0.478 e. The highest BCUT2D eigenvalue weighted by molar-refractivity contribution is 5.94. The lowest BCUT2D eigenvalue weighted by Gasteiger charge is -1.99. The molecule has 74 valence electrons. The predicted molar refractivity (Wildman–Crippen MR) is 44.3 cm³/mol. The smallest absolute Gasteiger partial charge is 0.331 e. The quantitative estimate of drug-likeness (QED) is 0.410. The fourth-order valence-electron chi connectivity index (χ4n) is 0.817. The molecule has 0 unspecified atom stereocenters. The van der Waals surface area contributed by atoms with Gasteiger partial charge in [0.25, 0.3) is 0 Å². The van der Waals surface area contributed by atoms with E-state index in [9.17, 15) is 9.59 Å². The largest absolute Gasteiger partial charge is 0.478 e. The molecule has 0 spiro atoms. The minimum atomic E-state index is -1.26. The van der Waals surface area contributed by atoms with Crippen LogP contribution in [0.15, 0.2) is 11.6 Å². The van der Waals surface area contributed by atoms with E-state index in [1.807, 2.05) is 0 Å². The Morgan fingerprint density at radius 1 is 1.15 bits per heavy atom. The molecule has 0 bridgehead atoms. The average Bonchev–Trinajstić information content (AvgIpc) is 2.02. The Morgan fingerprint density at radius 3 is 2.15 bits per heavy atom. The Bertz CT molecular complexity index is 219. The molecule has 0 aromatic heterocycles. The van der Waals surface area contributed by atoms with Crippen LogP contribution in [-0.2, 0) is 9.59 Å². The normalized spacial score (nSPS) is 11.3. The van der Waals surface area contributed by atoms with Crippen LogP contribution < -0.4 is 0 Å². The van der Waals surface area contributed by atoms with Crippen molar-refractivity contribution in [3.63, 3.8) is 0 Å². The summed E-state index contributed by atoms with van der Waals surface area (Å²) < 4.78 is 0. The van der Waals surface area contributed by atoms with Gasteiger partial charge in [-0.3, -0.25) is 0 Å². The second-order valence-corrected chi connectivity index (χ2v) is 2.49. The van der Waals surface area contributed by atoms with E-state index in [0.29, 0.717) is 18.9 Å². The van der Waals surface area contributed by atoms with Crippen molar-refractivity contribution in [1.29, 1.82) is 0 Å². The summed E-state index contributed by atoms with van der Waals surface area (Å²) in [5.74, 6) is -2.48. The van der Waals surface area contributed by atoms with Crippen molar-refractivity contribution in [3.8, 4) is 0 Å². The first-order valence-corrected chi connectivity index (χ1v) is 3.85. The van der Waals surface area contributed by atoms with E-state index in [-0.39, 0.29) is 18.6 Å². The molecule has 0 aliphatic rings. The number of aliphatic carboxylic acids is 2. The van der Waals surface area contributed by atoms with Crippen LogP contribution >= 0.6 is 0 Å². The lowest BCUT2D eigenvalue weighted by molar-refractivity contribution is -0.135. The SMILES string of the molecule is O=C(O)/C=C(\CCCCO)C(=O)O. The highest BCUT2D eigenvalue weighted by Gasteiger charge is 2.08. The maximum absolute atomic E-state index is 10.4. The molecule has 13 heavy (non-hydrogen) atoms. The van der Waals surface area contributed by atoms with Gasteiger partial charge in [-0.05, 0) is 19.3 Å². The fraction of sp³-hybridized carbons (Fsp3) is 0.500. The second kappa shape index (κ2) is 6.19. The van der Waals surface area contributed by atoms with Gasteiger partial charge < -0.3 is 15.3 Å². The maximum atomic E-state index is 10.4. The summed E-state index contributed by atoms with van der Waals surface area (Å²) in [7, 11) is 0. The molecular weight excluding hydrogens is 176 g/mol. The van der Waals surface area contributed by atoms with Crippen molar-refractivity contribution in [2.45, 2.75) is 19.3 Å². The Labute approximate surface area is 75.3 Å². The molecule has 0 rings (SSSR count). The molecule has 0 aliphatic heterocycles. The van der Waals surface area contributed by atoms with Crippen LogP contribution in [0.5, 0.6) is 0 Å². The van der Waals surface area contributed by atoms with Gasteiger partial charge in [0.15, 0.2) is 0 Å². The van der Waals surface area contributed by atoms with E-state index < -0.39 is 11.9 Å². The maximum Gasteiger partial charge on any atom is 0.331 e. The van der Waals surface area contributed by atoms with Crippen molar-refractivity contribution in [2.75, 3.05) is 6.61 Å². The van der Waals surface area contributed by atoms with Gasteiger partial charge in [0.1, 0.15) is 0 Å². The summed E-state index contributed by atoms with van der Waals surface area (Å²) in [6.45, 7) is -0.0139. The van der Waals surface area contributed by atoms with Crippen LogP contribution in [0.2, 0.25) is 0 Å². The Morgan fingerprint density at radius 2 is 1.77 bits per heavy atom. The van der Waals surface area contributed by atoms with Crippen LogP contribution in [0.1, 0.15) is 19.3 Å². The van der Waals surface area contributed by atoms with Gasteiger partial charge in [-0.2, -0.15) is 0 Å². The number of hydrogen-bond donors (Lipinski definition) is 3. The summed E-state index contributed by atoms with van der Waals surface area (Å²) in [6.07, 6.45) is 1.80. The monoisotopic (exact) mass is 188 g/mol. The zero-order chi connectivity index (χ0) is 10.3. The minimum absolute atomic E-state index is 0.0139. The van der Waals surface area contributed by atoms with Gasteiger partial charge in [0, 0.05) is 18.3 Å². The molecule has 0 radical (unpaired) electrons. The number of carboxylic acid groups (broad SMARTS) is 2. The van der Waals surface area contributed by atoms with Crippen LogP contribution in [0, 0.1) is 0 Å². The van der Waals surface area contributed by atoms with Crippen molar-refractivity contribution in [2.24, 2.45) is 0 Å². The van der Waals surface area contributed by atoms with Crippen molar-refractivity contribution >= 4 is 11.9 Å². The van der Waals surface area contributed by atoms with Crippen LogP contribution in [0.3, 0.4) is 0 Å². The highest BCUT2D eigenvalue weighted by atomic mass is 16.4. The molecule has 0 heterocycles. The number of unbranched alkanes of at least 4 members (excludes halogenated alkanes) is 1. The van der Waals surface area contributed by atoms with E-state index >= 15 is 0 Å². The first-order chi connectivity index (χ1) is 6.07. The zero-order valence-electron chi connectivity index (χ0n) is 7.06. The molecule has 0 saturated heterocycles. The molecular formula is C8H12O5. The Balaban J connectivity index is 4.11. The van der Waals surface area contributed by atoms with E-state index in [2.05, 4.69) is 0 Å². The average molecular weight is 188 g/mol. The predicted octanol–water partition coefficient (Wildman–Crippen LogP) is 0.245. The summed E-state index contributed by atoms with van der Waals surface area (Å²) in [5.41, 5.74) is -0.138. The third kappa shape index (κ3) is 5.86. The van der Waals surface area contributed by atoms with Crippen molar-refractivity contribution < 1.29 is 24.9 Å². The number of carboxylic acids is 2. The lowest BCUT2D eigenvalue weighted by atomic mass is 10.1. The fourth-order valence-corrected chi connectivity index (χ4v) is 0.817. The number of aliphatic hydroxyl groups is 1. The van der Waals surface area contributed by atoms with Crippen LogP contribution in [-0.4, -0.2) is 33.9 Å². The molecule has 0 aliphatic carbocycles. The highest BCUT2D eigenvalue weighted by Crippen LogP contribution is 2.07. The molecule has 0 aromatic carbocycles. The van der Waals surface area contributed by atoms with E-state index in [0.717, 1.165) is 0 Å². The molecule has 0 amide bonds. The van der Waals surface area contributed by atoms with Crippen molar-refractivity contribution in [1.82, 2.24) is 0 Å². The standard InChI is InChI=1S/C8H12O5/c9-4-2-1-3-6(8(12)13)5-7(10)11/h5,9H,1-4H2,(H,10,11)(H,12,13)/b6-5+. The first kappa shape index (κ1) is 11.6. The molecule has 5 nitrogen and oxygen atoms in total. The molecule has 0 atom stereocenters. The third-order valence-corrected chi connectivity index (χ3v) is 1.43. The molecule has 3 N–H and O–H groups in total. The molecule has 0 fully saturated rings. The topological polar surface area (TPSA) is 94.8 Å². The first-order valence-electron chi connectivity index (χ1n) is 3.85. The number of hydrogen-bond acceptors (Lipinski definition) is 3. The van der Waals surface area contributed by atoms with E-state index in [4.69, 9.17) is 15.3 Å². The summed E-state index contributed by atoms with van der Waals surface area (Å²) in [6, 6.07) is 0. The van der Waals surface area contributed by atoms with Gasteiger partial charge in [-0.15, -0.1) is 0 Å². The van der Waals surface area contributed by atoms with Gasteiger partial charge in [-0.1, -0.05) is 0 Å². The number of aliphatic hydroxyl groups excluding tert-OH is 1. The number of carbonyl (C=O) groups is 2. The second-order valence-electron chi connectivity index (χ2n) is 2.49. The van der Waals surface area contributed by atoms with E-state index in [1.165, 1.54) is 0 Å². The van der Waals surface area contributed by atoms with Gasteiger partial charge in [0.2, 0.25) is 0 Å². The molecule has 5 heteroatoms. The molecule has 0 aromatic rings. The Kier molecular flexibility index (Phi) is 5.54. The zero-order valence-corrected chi connectivity index (χ0v) is 7.06. The summed E-state index contributed by atoms with van der Waals surface area (Å²) >= 11 is 0. The van der Waals surface area contributed by atoms with Crippen molar-refractivity contribution in [3.05, 3.63) is 11.6 Å². The van der Waals surface area contributed by atoms with Gasteiger partial charge >= 0.3 is 11.9 Å². The van der Waals surface area contributed by atoms with Gasteiger partial charge in [-0.25, -0.2) is 9.59 Å².